The molecule has 0 saturated carbocycles. The topological polar surface area (TPSA) is 61.8 Å². The summed E-state index contributed by atoms with van der Waals surface area (Å²) in [7, 11) is 0. The smallest absolute Gasteiger partial charge is 0.312 e. The van der Waals surface area contributed by atoms with Crippen LogP contribution in [0.5, 0.6) is 0 Å². The molecule has 1 saturated heterocycles. The van der Waals surface area contributed by atoms with Crippen molar-refractivity contribution in [1.82, 2.24) is 5.43 Å². The predicted molar refractivity (Wildman–Crippen MR) is 78.8 cm³/mol. The number of nitrogens with one attached hydrogen (secondary N) is 1. The fraction of sp³-hybridized carbons (Fsp3) is 0.400. The second-order valence-electron chi connectivity index (χ2n) is 5.49. The standard InChI is InChI=1S/C15H16F3N3O2/c1-9(2)19-20-14(23)10-6-13(22)21(8-10)12-5-3-4-11(7-12)15(16,17)18/h3-5,7,10H,6,8H2,1-2H3,(H,20,23). The Morgan fingerprint density at radius 2 is 2.04 bits per heavy atom. The first-order valence-corrected chi connectivity index (χ1v) is 6.97. The fourth-order valence-electron chi connectivity index (χ4n) is 2.24. The normalized spacial score (nSPS) is 18.0. The lowest BCUT2D eigenvalue weighted by Gasteiger charge is -2.18. The fourth-order valence-corrected chi connectivity index (χ4v) is 2.24. The van der Waals surface area contributed by atoms with Crippen LogP contribution in [-0.4, -0.2) is 24.1 Å². The number of rotatable bonds is 3. The summed E-state index contributed by atoms with van der Waals surface area (Å²) in [6.45, 7) is 3.44. The number of hydrazone groups is 1. The van der Waals surface area contributed by atoms with E-state index in [4.69, 9.17) is 0 Å². The van der Waals surface area contributed by atoms with Gasteiger partial charge >= 0.3 is 6.18 Å². The maximum Gasteiger partial charge on any atom is 0.416 e. The Labute approximate surface area is 131 Å². The van der Waals surface area contributed by atoms with Gasteiger partial charge in [0.2, 0.25) is 11.8 Å². The molecule has 5 nitrogen and oxygen atoms in total. The predicted octanol–water partition coefficient (Wildman–Crippen LogP) is 2.57. The lowest BCUT2D eigenvalue weighted by Crippen LogP contribution is -2.30. The highest BCUT2D eigenvalue weighted by molar-refractivity contribution is 6.00. The van der Waals surface area contributed by atoms with Crippen LogP contribution in [0.3, 0.4) is 0 Å². The molecule has 2 amide bonds. The minimum atomic E-state index is -4.48. The molecule has 1 aromatic rings. The molecule has 1 fully saturated rings. The quantitative estimate of drug-likeness (QED) is 0.685. The average Bonchev–Trinajstić information content (AvgIpc) is 2.86. The SMILES string of the molecule is CC(C)=NNC(=O)C1CC(=O)N(c2cccc(C(F)(F)F)c2)C1. The molecule has 0 aromatic heterocycles. The van der Waals surface area contributed by atoms with Gasteiger partial charge in [-0.05, 0) is 32.0 Å². The van der Waals surface area contributed by atoms with Gasteiger partial charge in [0.15, 0.2) is 0 Å². The molecule has 1 aliphatic rings. The zero-order valence-corrected chi connectivity index (χ0v) is 12.6. The summed E-state index contributed by atoms with van der Waals surface area (Å²) in [5.41, 5.74) is 2.30. The number of amides is 2. The van der Waals surface area contributed by atoms with E-state index in [0.717, 1.165) is 12.1 Å². The van der Waals surface area contributed by atoms with E-state index < -0.39 is 23.6 Å². The summed E-state index contributed by atoms with van der Waals surface area (Å²) < 4.78 is 38.3. The monoisotopic (exact) mass is 327 g/mol. The third-order valence-electron chi connectivity index (χ3n) is 3.37. The third kappa shape index (κ3) is 4.08. The molecule has 1 aliphatic heterocycles. The minimum Gasteiger partial charge on any atom is -0.312 e. The van der Waals surface area contributed by atoms with Gasteiger partial charge in [0.25, 0.3) is 0 Å². The highest BCUT2D eigenvalue weighted by Crippen LogP contribution is 2.33. The summed E-state index contributed by atoms with van der Waals surface area (Å²) in [5, 5.41) is 3.78. The highest BCUT2D eigenvalue weighted by Gasteiger charge is 2.36. The molecule has 2 rings (SSSR count). The summed E-state index contributed by atoms with van der Waals surface area (Å²) in [4.78, 5) is 25.1. The van der Waals surface area contributed by atoms with Crippen molar-refractivity contribution in [2.24, 2.45) is 11.0 Å². The molecular weight excluding hydrogens is 311 g/mol. The Bertz CT molecular complexity index is 652. The van der Waals surface area contributed by atoms with E-state index in [1.807, 2.05) is 0 Å². The van der Waals surface area contributed by atoms with E-state index in [1.165, 1.54) is 17.0 Å². The van der Waals surface area contributed by atoms with Gasteiger partial charge in [-0.15, -0.1) is 0 Å². The Hall–Kier alpha value is -2.38. The van der Waals surface area contributed by atoms with Crippen molar-refractivity contribution in [3.8, 4) is 0 Å². The van der Waals surface area contributed by atoms with Crippen molar-refractivity contribution < 1.29 is 22.8 Å². The second-order valence-corrected chi connectivity index (χ2v) is 5.49. The van der Waals surface area contributed by atoms with Crippen molar-refractivity contribution in [1.29, 1.82) is 0 Å². The first-order chi connectivity index (χ1) is 10.7. The Morgan fingerprint density at radius 3 is 2.65 bits per heavy atom. The van der Waals surface area contributed by atoms with E-state index in [0.29, 0.717) is 5.71 Å². The lowest BCUT2D eigenvalue weighted by atomic mass is 10.1. The van der Waals surface area contributed by atoms with Crippen LogP contribution in [0.1, 0.15) is 25.8 Å². The van der Waals surface area contributed by atoms with E-state index in [-0.39, 0.29) is 24.6 Å². The molecule has 0 aliphatic carbocycles. The number of nitrogens with zero attached hydrogens (tertiary/aromatic N) is 2. The summed E-state index contributed by atoms with van der Waals surface area (Å²) in [5.74, 6) is -1.45. The number of hydrogen-bond donors (Lipinski definition) is 1. The van der Waals surface area contributed by atoms with Gasteiger partial charge in [-0.25, -0.2) is 5.43 Å². The number of anilines is 1. The molecule has 1 atom stereocenters. The molecule has 1 heterocycles. The summed E-state index contributed by atoms with van der Waals surface area (Å²) >= 11 is 0. The maximum atomic E-state index is 12.8. The molecule has 1 unspecified atom stereocenters. The van der Waals surface area contributed by atoms with Gasteiger partial charge in [0, 0.05) is 24.4 Å². The van der Waals surface area contributed by atoms with E-state index in [2.05, 4.69) is 10.5 Å². The van der Waals surface area contributed by atoms with Gasteiger partial charge in [-0.3, -0.25) is 9.59 Å². The van der Waals surface area contributed by atoms with Crippen LogP contribution in [0.4, 0.5) is 18.9 Å². The van der Waals surface area contributed by atoms with E-state index in [9.17, 15) is 22.8 Å². The molecule has 124 valence electrons. The number of alkyl halides is 3. The first-order valence-electron chi connectivity index (χ1n) is 6.97. The maximum absolute atomic E-state index is 12.8. The minimum absolute atomic E-state index is 0.0320. The van der Waals surface area contributed by atoms with Crippen LogP contribution in [0.15, 0.2) is 29.4 Å². The lowest BCUT2D eigenvalue weighted by molar-refractivity contribution is -0.137. The molecular formula is C15H16F3N3O2. The van der Waals surface area contributed by atoms with E-state index in [1.54, 1.807) is 13.8 Å². The number of benzene rings is 1. The van der Waals surface area contributed by atoms with Crippen LogP contribution in [-0.2, 0) is 15.8 Å². The number of carbonyl (C=O) groups excluding carboxylic acids is 2. The number of carbonyl (C=O) groups is 2. The largest absolute Gasteiger partial charge is 0.416 e. The zero-order valence-electron chi connectivity index (χ0n) is 12.6. The van der Waals surface area contributed by atoms with Gasteiger partial charge < -0.3 is 4.90 Å². The van der Waals surface area contributed by atoms with Crippen LogP contribution in [0.25, 0.3) is 0 Å². The van der Waals surface area contributed by atoms with Crippen LogP contribution in [0, 0.1) is 5.92 Å². The molecule has 8 heteroatoms. The van der Waals surface area contributed by atoms with Gasteiger partial charge in [-0.1, -0.05) is 6.07 Å². The summed E-state index contributed by atoms with van der Waals surface area (Å²) in [6.07, 6.45) is -4.54. The molecule has 1 N–H and O–H groups in total. The van der Waals surface area contributed by atoms with E-state index >= 15 is 0 Å². The van der Waals surface area contributed by atoms with Gasteiger partial charge in [-0.2, -0.15) is 18.3 Å². The Kier molecular flexibility index (Phi) is 4.72. The Balaban J connectivity index is 2.15. The van der Waals surface area contributed by atoms with Crippen molar-refractivity contribution in [3.05, 3.63) is 29.8 Å². The average molecular weight is 327 g/mol. The molecule has 23 heavy (non-hydrogen) atoms. The van der Waals surface area contributed by atoms with Gasteiger partial charge in [0.1, 0.15) is 0 Å². The van der Waals surface area contributed by atoms with Crippen molar-refractivity contribution in [2.45, 2.75) is 26.4 Å². The Morgan fingerprint density at radius 1 is 1.35 bits per heavy atom. The number of halogens is 3. The third-order valence-corrected chi connectivity index (χ3v) is 3.37. The van der Waals surface area contributed by atoms with Crippen LogP contribution in [0.2, 0.25) is 0 Å². The zero-order chi connectivity index (χ0) is 17.2. The molecule has 0 radical (unpaired) electrons. The van der Waals surface area contributed by atoms with Crippen LogP contribution >= 0.6 is 0 Å². The highest BCUT2D eigenvalue weighted by atomic mass is 19.4. The van der Waals surface area contributed by atoms with Crippen LogP contribution < -0.4 is 10.3 Å². The van der Waals surface area contributed by atoms with Crippen molar-refractivity contribution in [3.63, 3.8) is 0 Å². The van der Waals surface area contributed by atoms with Crippen molar-refractivity contribution >= 4 is 23.2 Å². The molecule has 0 bridgehead atoms. The number of hydrogen-bond acceptors (Lipinski definition) is 3. The molecule has 1 aromatic carbocycles. The molecule has 0 spiro atoms. The summed E-state index contributed by atoms with van der Waals surface area (Å²) in [6, 6.07) is 4.50. The van der Waals surface area contributed by atoms with Crippen molar-refractivity contribution in [2.75, 3.05) is 11.4 Å². The van der Waals surface area contributed by atoms with Gasteiger partial charge in [0.05, 0.1) is 11.5 Å². The second kappa shape index (κ2) is 6.39. The first kappa shape index (κ1) is 17.0.